The summed E-state index contributed by atoms with van der Waals surface area (Å²) in [4.78, 5) is 24.9. The molecule has 1 aliphatic heterocycles. The first kappa shape index (κ1) is 17.9. The Morgan fingerprint density at radius 3 is 2.90 bits per heavy atom. The summed E-state index contributed by atoms with van der Waals surface area (Å²) in [5.41, 5.74) is 1.99. The SMILES string of the molecule is CN(C(=O)CC1CC1)[C@H]1CCN(c2ccc3ncc(-c4cccnc4O)n3n2)C1. The van der Waals surface area contributed by atoms with Gasteiger partial charge >= 0.3 is 0 Å². The topological polar surface area (TPSA) is 86.9 Å². The van der Waals surface area contributed by atoms with E-state index in [2.05, 4.69) is 14.9 Å². The van der Waals surface area contributed by atoms with Gasteiger partial charge in [-0.05, 0) is 49.4 Å². The van der Waals surface area contributed by atoms with Crippen LogP contribution in [0.2, 0.25) is 0 Å². The number of hydrogen-bond donors (Lipinski definition) is 1. The smallest absolute Gasteiger partial charge is 0.222 e. The second-order valence-corrected chi connectivity index (χ2v) is 8.02. The summed E-state index contributed by atoms with van der Waals surface area (Å²) < 4.78 is 1.74. The van der Waals surface area contributed by atoms with E-state index < -0.39 is 0 Å². The largest absolute Gasteiger partial charge is 0.493 e. The standard InChI is InChI=1S/C21H24N6O2/c1-25(20(28)11-14-4-5-14)15-8-10-26(13-15)19-7-6-18-23-12-17(27(18)24-19)16-3-2-9-22-21(16)29/h2-3,6-7,9,12,14-15H,4-5,8,10-11,13H2,1H3,(H,22,29)/t15-/m0/s1. The monoisotopic (exact) mass is 392 g/mol. The Bertz CT molecular complexity index is 1060. The molecule has 150 valence electrons. The van der Waals surface area contributed by atoms with Crippen LogP contribution in [0.5, 0.6) is 5.88 Å². The average molecular weight is 392 g/mol. The van der Waals surface area contributed by atoms with Crippen molar-refractivity contribution in [3.63, 3.8) is 0 Å². The molecule has 3 aromatic rings. The van der Waals surface area contributed by atoms with Crippen LogP contribution in [0, 0.1) is 5.92 Å². The first-order valence-corrected chi connectivity index (χ1v) is 10.1. The highest BCUT2D eigenvalue weighted by molar-refractivity contribution is 5.77. The molecule has 1 N–H and O–H groups in total. The van der Waals surface area contributed by atoms with E-state index in [-0.39, 0.29) is 17.8 Å². The lowest BCUT2D eigenvalue weighted by Gasteiger charge is -2.25. The molecule has 3 aromatic heterocycles. The van der Waals surface area contributed by atoms with E-state index in [1.807, 2.05) is 24.1 Å². The summed E-state index contributed by atoms with van der Waals surface area (Å²) in [6.45, 7) is 1.62. The number of likely N-dealkylation sites (N-methyl/N-ethyl adjacent to an activating group) is 1. The molecule has 1 saturated heterocycles. The van der Waals surface area contributed by atoms with Gasteiger partial charge in [-0.25, -0.2) is 14.5 Å². The quantitative estimate of drug-likeness (QED) is 0.717. The first-order chi connectivity index (χ1) is 14.1. The van der Waals surface area contributed by atoms with Gasteiger partial charge in [0, 0.05) is 32.8 Å². The molecule has 8 heteroatoms. The molecule has 8 nitrogen and oxygen atoms in total. The third kappa shape index (κ3) is 3.39. The molecule has 29 heavy (non-hydrogen) atoms. The molecule has 0 radical (unpaired) electrons. The zero-order valence-corrected chi connectivity index (χ0v) is 16.4. The summed E-state index contributed by atoms with van der Waals surface area (Å²) in [6, 6.07) is 7.67. The Kier molecular flexibility index (Phi) is 4.34. The number of aromatic hydroxyl groups is 1. The van der Waals surface area contributed by atoms with Gasteiger partial charge in [-0.1, -0.05) is 0 Å². The number of carbonyl (C=O) groups excluding carboxylic acids is 1. The van der Waals surface area contributed by atoms with Crippen LogP contribution in [0.25, 0.3) is 16.9 Å². The molecule has 1 aliphatic carbocycles. The van der Waals surface area contributed by atoms with Crippen molar-refractivity contribution in [2.75, 3.05) is 25.0 Å². The van der Waals surface area contributed by atoms with E-state index >= 15 is 0 Å². The van der Waals surface area contributed by atoms with Crippen LogP contribution < -0.4 is 4.90 Å². The molecule has 4 heterocycles. The fraction of sp³-hybridized carbons (Fsp3) is 0.429. The Balaban J connectivity index is 1.37. The molecule has 2 aliphatic rings. The van der Waals surface area contributed by atoms with Gasteiger partial charge in [-0.2, -0.15) is 0 Å². The summed E-state index contributed by atoms with van der Waals surface area (Å²) in [7, 11) is 1.93. The second-order valence-electron chi connectivity index (χ2n) is 8.02. The Hall–Kier alpha value is -3.16. The number of fused-ring (bicyclic) bond motifs is 1. The maximum atomic E-state index is 12.4. The number of hydrogen-bond acceptors (Lipinski definition) is 6. The van der Waals surface area contributed by atoms with Gasteiger partial charge in [0.15, 0.2) is 5.65 Å². The minimum atomic E-state index is -0.0430. The fourth-order valence-electron chi connectivity index (χ4n) is 4.00. The molecule has 1 amide bonds. The molecular weight excluding hydrogens is 368 g/mol. The highest BCUT2D eigenvalue weighted by Gasteiger charge is 2.32. The molecule has 0 aromatic carbocycles. The predicted molar refractivity (Wildman–Crippen MR) is 109 cm³/mol. The van der Waals surface area contributed by atoms with E-state index in [0.29, 0.717) is 29.2 Å². The molecule has 2 fully saturated rings. The Morgan fingerprint density at radius 1 is 1.24 bits per heavy atom. The van der Waals surface area contributed by atoms with Gasteiger partial charge < -0.3 is 14.9 Å². The molecule has 0 bridgehead atoms. The summed E-state index contributed by atoms with van der Waals surface area (Å²) in [6.07, 6.45) is 7.25. The Morgan fingerprint density at radius 2 is 2.10 bits per heavy atom. The minimum Gasteiger partial charge on any atom is -0.493 e. The first-order valence-electron chi connectivity index (χ1n) is 10.1. The highest BCUT2D eigenvalue weighted by Crippen LogP contribution is 2.33. The van der Waals surface area contributed by atoms with Crippen molar-refractivity contribution >= 4 is 17.4 Å². The van der Waals surface area contributed by atoms with Gasteiger partial charge in [-0.3, -0.25) is 4.79 Å². The van der Waals surface area contributed by atoms with Crippen LogP contribution in [0.15, 0.2) is 36.7 Å². The van der Waals surface area contributed by atoms with Crippen LogP contribution in [0.3, 0.4) is 0 Å². The van der Waals surface area contributed by atoms with E-state index in [1.54, 1.807) is 29.0 Å². The third-order valence-electron chi connectivity index (χ3n) is 6.00. The lowest BCUT2D eigenvalue weighted by atomic mass is 10.2. The number of pyridine rings is 1. The predicted octanol–water partition coefficient (Wildman–Crippen LogP) is 2.33. The summed E-state index contributed by atoms with van der Waals surface area (Å²) in [5, 5.41) is 14.9. The van der Waals surface area contributed by atoms with Crippen molar-refractivity contribution in [1.29, 1.82) is 0 Å². The second kappa shape index (κ2) is 7.02. The van der Waals surface area contributed by atoms with Crippen molar-refractivity contribution in [2.24, 2.45) is 5.92 Å². The molecule has 1 saturated carbocycles. The maximum Gasteiger partial charge on any atom is 0.222 e. The van der Waals surface area contributed by atoms with E-state index in [9.17, 15) is 9.90 Å². The number of amides is 1. The Labute approximate surface area is 168 Å². The van der Waals surface area contributed by atoms with Crippen LogP contribution in [0.1, 0.15) is 25.7 Å². The van der Waals surface area contributed by atoms with Crippen molar-refractivity contribution in [1.82, 2.24) is 24.5 Å². The van der Waals surface area contributed by atoms with E-state index in [1.165, 1.54) is 12.8 Å². The minimum absolute atomic E-state index is 0.0430. The lowest BCUT2D eigenvalue weighted by Crippen LogP contribution is -2.39. The molecule has 0 unspecified atom stereocenters. The van der Waals surface area contributed by atoms with Gasteiger partial charge in [0.25, 0.3) is 0 Å². The number of imidazole rings is 1. The van der Waals surface area contributed by atoms with Crippen LogP contribution in [-0.2, 0) is 4.79 Å². The molecule has 5 rings (SSSR count). The zero-order valence-electron chi connectivity index (χ0n) is 16.4. The number of anilines is 1. The van der Waals surface area contributed by atoms with Gasteiger partial charge in [-0.15, -0.1) is 5.10 Å². The maximum absolute atomic E-state index is 12.4. The zero-order chi connectivity index (χ0) is 20.0. The van der Waals surface area contributed by atoms with Gasteiger partial charge in [0.1, 0.15) is 5.82 Å². The molecule has 0 spiro atoms. The molecular formula is C21H24N6O2. The van der Waals surface area contributed by atoms with Gasteiger partial charge in [0.2, 0.25) is 11.8 Å². The lowest BCUT2D eigenvalue weighted by molar-refractivity contribution is -0.131. The van der Waals surface area contributed by atoms with Gasteiger partial charge in [0.05, 0.1) is 23.5 Å². The fourth-order valence-corrected chi connectivity index (χ4v) is 4.00. The van der Waals surface area contributed by atoms with E-state index in [4.69, 9.17) is 5.10 Å². The van der Waals surface area contributed by atoms with Crippen molar-refractivity contribution < 1.29 is 9.90 Å². The summed E-state index contributed by atoms with van der Waals surface area (Å²) in [5.74, 6) is 1.66. The normalized spacial score (nSPS) is 19.1. The van der Waals surface area contributed by atoms with Crippen molar-refractivity contribution in [2.45, 2.75) is 31.7 Å². The highest BCUT2D eigenvalue weighted by atomic mass is 16.3. The number of carbonyl (C=O) groups is 1. The van der Waals surface area contributed by atoms with Crippen LogP contribution >= 0.6 is 0 Å². The molecule has 1 atom stereocenters. The number of rotatable bonds is 5. The van der Waals surface area contributed by atoms with Crippen LogP contribution in [0.4, 0.5) is 5.82 Å². The average Bonchev–Trinajstić information content (AvgIpc) is 3.25. The van der Waals surface area contributed by atoms with Crippen molar-refractivity contribution in [3.05, 3.63) is 36.7 Å². The number of nitrogens with zero attached hydrogens (tertiary/aromatic N) is 6. The van der Waals surface area contributed by atoms with Crippen molar-refractivity contribution in [3.8, 4) is 17.1 Å². The summed E-state index contributed by atoms with van der Waals surface area (Å²) >= 11 is 0. The van der Waals surface area contributed by atoms with Crippen LogP contribution in [-0.4, -0.2) is 61.7 Å². The van der Waals surface area contributed by atoms with E-state index in [0.717, 1.165) is 25.3 Å². The third-order valence-corrected chi connectivity index (χ3v) is 6.00. The number of aromatic nitrogens is 4.